The van der Waals surface area contributed by atoms with Crippen LogP contribution in [-0.2, 0) is 5.41 Å². The number of fused-ring (bicyclic) bond motifs is 1. The van der Waals surface area contributed by atoms with Gasteiger partial charge in [-0.3, -0.25) is 0 Å². The molecule has 0 aromatic heterocycles. The Kier molecular flexibility index (Phi) is 2.77. The molecular formula is C16H22N2. The van der Waals surface area contributed by atoms with Crippen LogP contribution in [-0.4, -0.2) is 7.05 Å². The van der Waals surface area contributed by atoms with E-state index in [2.05, 4.69) is 58.0 Å². The summed E-state index contributed by atoms with van der Waals surface area (Å²) in [5.74, 6) is 0. The standard InChI is InChI=1S/C16H22N2/c1-7-10(2)12-8-15-13(9-14(12)17)16(4,5)11(3)18(15)6/h8-9H,2-3,7,17H2,1,4-6H3. The molecule has 0 saturated heterocycles. The quantitative estimate of drug-likeness (QED) is 0.796. The zero-order valence-corrected chi connectivity index (χ0v) is 11.8. The highest BCUT2D eigenvalue weighted by atomic mass is 15.1. The number of anilines is 2. The van der Waals surface area contributed by atoms with Crippen LogP contribution in [0, 0.1) is 0 Å². The Hall–Kier alpha value is -1.70. The number of hydrogen-bond acceptors (Lipinski definition) is 2. The van der Waals surface area contributed by atoms with Crippen molar-refractivity contribution in [3.63, 3.8) is 0 Å². The molecule has 1 aromatic carbocycles. The number of nitrogens with two attached hydrogens (primary N) is 1. The Balaban J connectivity index is 2.66. The Labute approximate surface area is 110 Å². The molecule has 0 radical (unpaired) electrons. The molecule has 1 aliphatic heterocycles. The van der Waals surface area contributed by atoms with Crippen molar-refractivity contribution in [3.8, 4) is 0 Å². The molecule has 0 saturated carbocycles. The second-order valence-electron chi connectivity index (χ2n) is 5.54. The van der Waals surface area contributed by atoms with Crippen molar-refractivity contribution in [3.05, 3.63) is 42.1 Å². The topological polar surface area (TPSA) is 29.3 Å². The number of benzene rings is 1. The number of likely N-dealkylation sites (N-methyl/N-ethyl adjacent to an activating group) is 1. The second-order valence-corrected chi connectivity index (χ2v) is 5.54. The van der Waals surface area contributed by atoms with E-state index in [1.807, 2.05) is 0 Å². The van der Waals surface area contributed by atoms with Gasteiger partial charge in [0, 0.05) is 35.1 Å². The fourth-order valence-electron chi connectivity index (χ4n) is 2.60. The molecule has 0 fully saturated rings. The predicted molar refractivity (Wildman–Crippen MR) is 80.7 cm³/mol. The molecule has 0 spiro atoms. The van der Waals surface area contributed by atoms with E-state index in [-0.39, 0.29) is 5.41 Å². The van der Waals surface area contributed by atoms with Crippen LogP contribution in [0.5, 0.6) is 0 Å². The lowest BCUT2D eigenvalue weighted by Gasteiger charge is -2.22. The van der Waals surface area contributed by atoms with Crippen molar-refractivity contribution in [2.24, 2.45) is 0 Å². The number of rotatable bonds is 2. The van der Waals surface area contributed by atoms with Crippen molar-refractivity contribution < 1.29 is 0 Å². The zero-order valence-electron chi connectivity index (χ0n) is 11.8. The van der Waals surface area contributed by atoms with Gasteiger partial charge in [-0.05, 0) is 29.7 Å². The molecule has 2 nitrogen and oxygen atoms in total. The van der Waals surface area contributed by atoms with Gasteiger partial charge in [0.15, 0.2) is 0 Å². The maximum absolute atomic E-state index is 6.17. The van der Waals surface area contributed by atoms with E-state index in [9.17, 15) is 0 Å². The first-order valence-electron chi connectivity index (χ1n) is 6.36. The van der Waals surface area contributed by atoms with Crippen molar-refractivity contribution >= 4 is 16.9 Å². The third kappa shape index (κ3) is 1.56. The first-order chi connectivity index (χ1) is 8.30. The molecular weight excluding hydrogens is 220 g/mol. The molecule has 18 heavy (non-hydrogen) atoms. The van der Waals surface area contributed by atoms with E-state index in [4.69, 9.17) is 5.73 Å². The van der Waals surface area contributed by atoms with Crippen molar-refractivity contribution in [1.29, 1.82) is 0 Å². The first-order valence-corrected chi connectivity index (χ1v) is 6.36. The lowest BCUT2D eigenvalue weighted by molar-refractivity contribution is 0.643. The Morgan fingerprint density at radius 1 is 1.39 bits per heavy atom. The summed E-state index contributed by atoms with van der Waals surface area (Å²) in [6.07, 6.45) is 0.914. The third-order valence-electron chi connectivity index (χ3n) is 4.14. The van der Waals surface area contributed by atoms with Crippen LogP contribution in [0.15, 0.2) is 31.0 Å². The van der Waals surface area contributed by atoms with Crippen LogP contribution in [0.4, 0.5) is 11.4 Å². The fourth-order valence-corrected chi connectivity index (χ4v) is 2.60. The lowest BCUT2D eigenvalue weighted by Crippen LogP contribution is -2.21. The van der Waals surface area contributed by atoms with Crippen LogP contribution in [0.25, 0.3) is 5.57 Å². The molecule has 0 unspecified atom stereocenters. The molecule has 2 rings (SSSR count). The Morgan fingerprint density at radius 2 is 2.00 bits per heavy atom. The van der Waals surface area contributed by atoms with Gasteiger partial charge in [-0.15, -0.1) is 0 Å². The molecule has 1 aliphatic rings. The minimum atomic E-state index is -0.0513. The van der Waals surface area contributed by atoms with Gasteiger partial charge < -0.3 is 10.6 Å². The number of nitrogen functional groups attached to an aromatic ring is 1. The highest BCUT2D eigenvalue weighted by Gasteiger charge is 2.37. The minimum absolute atomic E-state index is 0.0513. The number of nitrogens with zero attached hydrogens (tertiary/aromatic N) is 1. The average molecular weight is 242 g/mol. The van der Waals surface area contributed by atoms with E-state index in [0.717, 1.165) is 28.9 Å². The third-order valence-corrected chi connectivity index (χ3v) is 4.14. The highest BCUT2D eigenvalue weighted by Crippen LogP contribution is 2.48. The van der Waals surface area contributed by atoms with E-state index < -0.39 is 0 Å². The molecule has 0 amide bonds. The van der Waals surface area contributed by atoms with Crippen LogP contribution in [0.1, 0.15) is 38.3 Å². The van der Waals surface area contributed by atoms with Gasteiger partial charge in [0.05, 0.1) is 0 Å². The number of allylic oxidation sites excluding steroid dienone is 2. The Morgan fingerprint density at radius 3 is 2.56 bits per heavy atom. The molecule has 0 bridgehead atoms. The van der Waals surface area contributed by atoms with Gasteiger partial charge in [0.1, 0.15) is 0 Å². The summed E-state index contributed by atoms with van der Waals surface area (Å²) in [7, 11) is 2.06. The van der Waals surface area contributed by atoms with Crippen LogP contribution in [0.2, 0.25) is 0 Å². The van der Waals surface area contributed by atoms with Gasteiger partial charge >= 0.3 is 0 Å². The van der Waals surface area contributed by atoms with Crippen LogP contribution >= 0.6 is 0 Å². The Bertz CT molecular complexity index is 538. The molecule has 1 aromatic rings. The molecule has 0 aliphatic carbocycles. The van der Waals surface area contributed by atoms with E-state index in [0.29, 0.717) is 0 Å². The molecule has 1 heterocycles. The summed E-state index contributed by atoms with van der Waals surface area (Å²) in [4.78, 5) is 2.15. The smallest absolute Gasteiger partial charge is 0.0455 e. The monoisotopic (exact) mass is 242 g/mol. The SMILES string of the molecule is C=C(CC)c1cc2c(cc1N)C(C)(C)C(=C)N2C. The summed E-state index contributed by atoms with van der Waals surface area (Å²) < 4.78 is 0. The normalized spacial score (nSPS) is 16.9. The van der Waals surface area contributed by atoms with Gasteiger partial charge in [-0.2, -0.15) is 0 Å². The number of hydrogen-bond donors (Lipinski definition) is 1. The summed E-state index contributed by atoms with van der Waals surface area (Å²) >= 11 is 0. The summed E-state index contributed by atoms with van der Waals surface area (Å²) in [6.45, 7) is 14.7. The average Bonchev–Trinajstić information content (AvgIpc) is 2.49. The molecule has 96 valence electrons. The van der Waals surface area contributed by atoms with Gasteiger partial charge in [-0.25, -0.2) is 0 Å². The van der Waals surface area contributed by atoms with Crippen LogP contribution < -0.4 is 10.6 Å². The summed E-state index contributed by atoms with van der Waals surface area (Å²) in [6, 6.07) is 4.23. The maximum atomic E-state index is 6.17. The molecule has 0 atom stereocenters. The van der Waals surface area contributed by atoms with Gasteiger partial charge in [0.2, 0.25) is 0 Å². The maximum Gasteiger partial charge on any atom is 0.0455 e. The van der Waals surface area contributed by atoms with E-state index in [1.54, 1.807) is 0 Å². The summed E-state index contributed by atoms with van der Waals surface area (Å²) in [5, 5.41) is 0. The van der Waals surface area contributed by atoms with E-state index in [1.165, 1.54) is 11.3 Å². The van der Waals surface area contributed by atoms with Crippen molar-refractivity contribution in [2.45, 2.75) is 32.6 Å². The highest BCUT2D eigenvalue weighted by molar-refractivity contribution is 5.82. The molecule has 2 heteroatoms. The predicted octanol–water partition coefficient (Wildman–Crippen LogP) is 3.93. The largest absolute Gasteiger partial charge is 0.398 e. The zero-order chi connectivity index (χ0) is 13.7. The first kappa shape index (κ1) is 12.7. The lowest BCUT2D eigenvalue weighted by atomic mass is 9.83. The van der Waals surface area contributed by atoms with Crippen molar-refractivity contribution in [1.82, 2.24) is 0 Å². The minimum Gasteiger partial charge on any atom is -0.398 e. The fraction of sp³-hybridized carbons (Fsp3) is 0.375. The van der Waals surface area contributed by atoms with Crippen LogP contribution in [0.3, 0.4) is 0 Å². The molecule has 2 N–H and O–H groups in total. The van der Waals surface area contributed by atoms with Gasteiger partial charge in [-0.1, -0.05) is 33.9 Å². The van der Waals surface area contributed by atoms with Gasteiger partial charge in [0.25, 0.3) is 0 Å². The van der Waals surface area contributed by atoms with Crippen molar-refractivity contribution in [2.75, 3.05) is 17.7 Å². The second kappa shape index (κ2) is 3.91. The summed E-state index contributed by atoms with van der Waals surface area (Å²) in [5.41, 5.74) is 12.6. The van der Waals surface area contributed by atoms with E-state index >= 15 is 0 Å².